The molecule has 1 aliphatic carbocycles. The van der Waals surface area contributed by atoms with E-state index in [1.54, 1.807) is 7.11 Å². The van der Waals surface area contributed by atoms with Crippen molar-refractivity contribution in [2.24, 2.45) is 0 Å². The zero-order valence-corrected chi connectivity index (χ0v) is 15.5. The lowest BCUT2D eigenvalue weighted by atomic mass is 9.95. The van der Waals surface area contributed by atoms with E-state index in [4.69, 9.17) is 4.74 Å². The predicted octanol–water partition coefficient (Wildman–Crippen LogP) is 3.13. The van der Waals surface area contributed by atoms with Crippen LogP contribution in [0.3, 0.4) is 0 Å². The van der Waals surface area contributed by atoms with Crippen molar-refractivity contribution in [3.63, 3.8) is 0 Å². The monoisotopic (exact) mass is 360 g/mol. The maximum atomic E-state index is 12.2. The number of aryl methyl sites for hydroxylation is 1. The molecular weight excluding hydrogens is 336 g/mol. The molecule has 1 aliphatic rings. The molecule has 25 heavy (non-hydrogen) atoms. The zero-order valence-electron chi connectivity index (χ0n) is 14.7. The van der Waals surface area contributed by atoms with E-state index < -0.39 is 0 Å². The first kappa shape index (κ1) is 17.8. The molecule has 0 aliphatic heterocycles. The Labute approximate surface area is 152 Å². The van der Waals surface area contributed by atoms with E-state index in [-0.39, 0.29) is 5.91 Å². The third kappa shape index (κ3) is 4.54. The van der Waals surface area contributed by atoms with Gasteiger partial charge in [-0.3, -0.25) is 9.36 Å². The second-order valence-corrected chi connectivity index (χ2v) is 7.20. The number of ether oxygens (including phenoxy) is 1. The molecular formula is C18H24N4O2S. The summed E-state index contributed by atoms with van der Waals surface area (Å²) in [4.78, 5) is 12.2. The lowest BCUT2D eigenvalue weighted by Crippen LogP contribution is -2.37. The Morgan fingerprint density at radius 3 is 2.64 bits per heavy atom. The maximum absolute atomic E-state index is 12.2. The van der Waals surface area contributed by atoms with E-state index in [1.807, 2.05) is 35.8 Å². The van der Waals surface area contributed by atoms with Crippen molar-refractivity contribution in [1.29, 1.82) is 0 Å². The smallest absolute Gasteiger partial charge is 0.230 e. The average molecular weight is 360 g/mol. The number of benzene rings is 1. The summed E-state index contributed by atoms with van der Waals surface area (Å²) < 4.78 is 7.16. The number of hydrogen-bond acceptors (Lipinski definition) is 5. The van der Waals surface area contributed by atoms with Gasteiger partial charge in [0.2, 0.25) is 5.91 Å². The van der Waals surface area contributed by atoms with Crippen LogP contribution in [0, 0.1) is 6.92 Å². The summed E-state index contributed by atoms with van der Waals surface area (Å²) in [7, 11) is 1.64. The van der Waals surface area contributed by atoms with Crippen molar-refractivity contribution >= 4 is 17.7 Å². The molecule has 0 saturated heterocycles. The molecule has 0 bridgehead atoms. The molecule has 1 N–H and O–H groups in total. The Hall–Kier alpha value is -2.02. The number of hydrogen-bond donors (Lipinski definition) is 1. The molecule has 2 aromatic rings. The van der Waals surface area contributed by atoms with E-state index >= 15 is 0 Å². The summed E-state index contributed by atoms with van der Waals surface area (Å²) in [5, 5.41) is 12.2. The number of amides is 1. The molecule has 1 aromatic heterocycles. The van der Waals surface area contributed by atoms with Crippen LogP contribution in [0.25, 0.3) is 5.69 Å². The van der Waals surface area contributed by atoms with Gasteiger partial charge >= 0.3 is 0 Å². The number of carbonyl (C=O) groups excluding carboxylic acids is 1. The van der Waals surface area contributed by atoms with Gasteiger partial charge in [-0.05, 0) is 44.0 Å². The van der Waals surface area contributed by atoms with Gasteiger partial charge < -0.3 is 10.1 Å². The Bertz CT molecular complexity index is 708. The summed E-state index contributed by atoms with van der Waals surface area (Å²) in [5.74, 6) is 2.01. The van der Waals surface area contributed by atoms with Crippen molar-refractivity contribution in [2.45, 2.75) is 50.2 Å². The highest BCUT2D eigenvalue weighted by atomic mass is 32.2. The Kier molecular flexibility index (Phi) is 5.96. The molecule has 1 saturated carbocycles. The van der Waals surface area contributed by atoms with Gasteiger partial charge in [0.1, 0.15) is 11.6 Å². The molecule has 1 amide bonds. The first-order valence-corrected chi connectivity index (χ1v) is 9.64. The second kappa shape index (κ2) is 8.38. The zero-order chi connectivity index (χ0) is 17.6. The Morgan fingerprint density at radius 1 is 1.24 bits per heavy atom. The first-order chi connectivity index (χ1) is 12.2. The fraction of sp³-hybridized carbons (Fsp3) is 0.500. The number of carbonyl (C=O) groups is 1. The van der Waals surface area contributed by atoms with Gasteiger partial charge in [0.15, 0.2) is 5.16 Å². The minimum atomic E-state index is 0.0684. The Morgan fingerprint density at radius 2 is 1.96 bits per heavy atom. The van der Waals surface area contributed by atoms with Crippen LogP contribution in [0.4, 0.5) is 0 Å². The van der Waals surface area contributed by atoms with Crippen LogP contribution in [0.5, 0.6) is 5.75 Å². The van der Waals surface area contributed by atoms with Gasteiger partial charge in [-0.1, -0.05) is 31.0 Å². The number of aromatic nitrogens is 3. The topological polar surface area (TPSA) is 69.0 Å². The average Bonchev–Trinajstić information content (AvgIpc) is 3.01. The van der Waals surface area contributed by atoms with Crippen LogP contribution in [-0.4, -0.2) is 39.6 Å². The largest absolute Gasteiger partial charge is 0.497 e. The van der Waals surface area contributed by atoms with E-state index in [1.165, 1.54) is 31.0 Å². The highest BCUT2D eigenvalue weighted by Gasteiger charge is 2.17. The number of nitrogens with zero attached hydrogens (tertiary/aromatic N) is 3. The molecule has 1 heterocycles. The normalized spacial score (nSPS) is 15.1. The first-order valence-electron chi connectivity index (χ1n) is 8.66. The van der Waals surface area contributed by atoms with Crippen molar-refractivity contribution in [3.05, 3.63) is 30.1 Å². The highest BCUT2D eigenvalue weighted by Crippen LogP contribution is 2.24. The van der Waals surface area contributed by atoms with Crippen molar-refractivity contribution in [3.8, 4) is 11.4 Å². The van der Waals surface area contributed by atoms with Crippen LogP contribution in [0.15, 0.2) is 29.4 Å². The third-order valence-corrected chi connectivity index (χ3v) is 5.36. The lowest BCUT2D eigenvalue weighted by Gasteiger charge is -2.22. The van der Waals surface area contributed by atoms with Gasteiger partial charge in [-0.25, -0.2) is 0 Å². The number of rotatable bonds is 6. The van der Waals surface area contributed by atoms with Gasteiger partial charge in [0.25, 0.3) is 0 Å². The molecule has 6 nitrogen and oxygen atoms in total. The molecule has 1 fully saturated rings. The molecule has 0 unspecified atom stereocenters. The Balaban J connectivity index is 1.63. The van der Waals surface area contributed by atoms with Gasteiger partial charge in [0, 0.05) is 11.7 Å². The van der Waals surface area contributed by atoms with E-state index in [9.17, 15) is 4.79 Å². The molecule has 1 aromatic carbocycles. The van der Waals surface area contributed by atoms with E-state index in [0.717, 1.165) is 35.3 Å². The van der Waals surface area contributed by atoms with Crippen LogP contribution >= 0.6 is 11.8 Å². The summed E-state index contributed by atoms with van der Waals surface area (Å²) in [6.07, 6.45) is 5.90. The highest BCUT2D eigenvalue weighted by molar-refractivity contribution is 7.99. The van der Waals surface area contributed by atoms with E-state index in [0.29, 0.717) is 11.8 Å². The molecule has 0 atom stereocenters. The number of nitrogens with one attached hydrogen (secondary N) is 1. The quantitative estimate of drug-likeness (QED) is 0.802. The summed E-state index contributed by atoms with van der Waals surface area (Å²) in [6.45, 7) is 1.91. The van der Waals surface area contributed by atoms with Gasteiger partial charge in [-0.15, -0.1) is 10.2 Å². The number of methoxy groups -OCH3 is 1. The van der Waals surface area contributed by atoms with Crippen LogP contribution < -0.4 is 10.1 Å². The third-order valence-electron chi connectivity index (χ3n) is 4.43. The van der Waals surface area contributed by atoms with Crippen molar-refractivity contribution in [1.82, 2.24) is 20.1 Å². The second-order valence-electron chi connectivity index (χ2n) is 6.25. The van der Waals surface area contributed by atoms with Crippen LogP contribution in [0.2, 0.25) is 0 Å². The van der Waals surface area contributed by atoms with Crippen LogP contribution in [0.1, 0.15) is 37.9 Å². The molecule has 0 spiro atoms. The standard InChI is InChI=1S/C18H24N4O2S/c1-13-20-21-18(22(13)15-8-10-16(24-2)11-9-15)25-12-17(23)19-14-6-4-3-5-7-14/h8-11,14H,3-7,12H2,1-2H3,(H,19,23). The molecule has 3 rings (SSSR count). The SMILES string of the molecule is COc1ccc(-n2c(C)nnc2SCC(=O)NC2CCCCC2)cc1. The van der Waals surface area contributed by atoms with Crippen molar-refractivity contribution < 1.29 is 9.53 Å². The fourth-order valence-electron chi connectivity index (χ4n) is 3.11. The van der Waals surface area contributed by atoms with Crippen molar-refractivity contribution in [2.75, 3.05) is 12.9 Å². The number of thioether (sulfide) groups is 1. The minimum absolute atomic E-state index is 0.0684. The molecule has 134 valence electrons. The summed E-state index contributed by atoms with van der Waals surface area (Å²) in [6, 6.07) is 8.06. The van der Waals surface area contributed by atoms with Crippen LogP contribution in [-0.2, 0) is 4.79 Å². The predicted molar refractivity (Wildman–Crippen MR) is 98.4 cm³/mol. The summed E-state index contributed by atoms with van der Waals surface area (Å²) in [5.41, 5.74) is 0.957. The molecule has 0 radical (unpaired) electrons. The van der Waals surface area contributed by atoms with Gasteiger partial charge in [-0.2, -0.15) is 0 Å². The van der Waals surface area contributed by atoms with Gasteiger partial charge in [0.05, 0.1) is 12.9 Å². The fourth-order valence-corrected chi connectivity index (χ4v) is 3.92. The van der Waals surface area contributed by atoms with E-state index in [2.05, 4.69) is 15.5 Å². The molecule has 7 heteroatoms. The maximum Gasteiger partial charge on any atom is 0.230 e. The lowest BCUT2D eigenvalue weighted by molar-refractivity contribution is -0.119. The minimum Gasteiger partial charge on any atom is -0.497 e. The summed E-state index contributed by atoms with van der Waals surface area (Å²) >= 11 is 1.42.